The van der Waals surface area contributed by atoms with Gasteiger partial charge in [-0.25, -0.2) is 13.1 Å². The van der Waals surface area contributed by atoms with E-state index in [0.717, 1.165) is 5.56 Å². The molecule has 0 atom stereocenters. The van der Waals surface area contributed by atoms with Gasteiger partial charge in [-0.3, -0.25) is 0 Å². The molecular weight excluding hydrogens is 288 g/mol. The molecule has 1 aromatic rings. The van der Waals surface area contributed by atoms with E-state index in [-0.39, 0.29) is 11.5 Å². The predicted octanol–water partition coefficient (Wildman–Crippen LogP) is 1.41. The zero-order valence-electron chi connectivity index (χ0n) is 13.5. The molecule has 0 radical (unpaired) electrons. The summed E-state index contributed by atoms with van der Waals surface area (Å²) in [6, 6.07) is 3.72. The van der Waals surface area contributed by atoms with Crippen LogP contribution in [0.3, 0.4) is 0 Å². The quantitative estimate of drug-likeness (QED) is 0.798. The Morgan fingerprint density at radius 2 is 1.86 bits per heavy atom. The zero-order chi connectivity index (χ0) is 16.2. The fourth-order valence-corrected chi connectivity index (χ4v) is 3.32. The van der Waals surface area contributed by atoms with E-state index >= 15 is 0 Å². The fourth-order valence-electron chi connectivity index (χ4n) is 2.03. The number of nitrogens with one attached hydrogen (secondary N) is 1. The second-order valence-electron chi connectivity index (χ2n) is 5.67. The lowest BCUT2D eigenvalue weighted by molar-refractivity contribution is 0.278. The lowest BCUT2D eigenvalue weighted by Gasteiger charge is -2.21. The van der Waals surface area contributed by atoms with Gasteiger partial charge >= 0.3 is 0 Å². The van der Waals surface area contributed by atoms with Crippen LogP contribution in [0.2, 0.25) is 0 Å². The van der Waals surface area contributed by atoms with Gasteiger partial charge in [-0.15, -0.1) is 0 Å². The predicted molar refractivity (Wildman–Crippen MR) is 84.8 cm³/mol. The average Bonchev–Trinajstić information content (AvgIpc) is 2.38. The summed E-state index contributed by atoms with van der Waals surface area (Å²) in [4.78, 5) is 2.31. The van der Waals surface area contributed by atoms with E-state index in [4.69, 9.17) is 0 Å². The van der Waals surface area contributed by atoms with Crippen molar-refractivity contribution in [2.45, 2.75) is 45.2 Å². The van der Waals surface area contributed by atoms with E-state index in [0.29, 0.717) is 30.3 Å². The van der Waals surface area contributed by atoms with Crippen molar-refractivity contribution in [3.63, 3.8) is 0 Å². The summed E-state index contributed by atoms with van der Waals surface area (Å²) in [5, 5.41) is 9.29. The largest absolute Gasteiger partial charge is 0.392 e. The van der Waals surface area contributed by atoms with Gasteiger partial charge in [0.05, 0.1) is 11.5 Å². The number of rotatable bonds is 7. The number of sulfonamides is 1. The summed E-state index contributed by atoms with van der Waals surface area (Å²) in [6.07, 6.45) is 0. The Bertz CT molecular complexity index is 583. The van der Waals surface area contributed by atoms with Crippen LogP contribution in [-0.4, -0.2) is 44.6 Å². The summed E-state index contributed by atoms with van der Waals surface area (Å²) in [7, 11) is -1.59. The van der Waals surface area contributed by atoms with Crippen molar-refractivity contribution in [3.8, 4) is 0 Å². The molecule has 0 aliphatic rings. The third-order valence-electron chi connectivity index (χ3n) is 3.73. The molecule has 0 spiro atoms. The number of nitrogens with zero attached hydrogens (tertiary/aromatic N) is 1. The third kappa shape index (κ3) is 4.78. The molecule has 6 heteroatoms. The lowest BCUT2D eigenvalue weighted by Crippen LogP contribution is -2.36. The summed E-state index contributed by atoms with van der Waals surface area (Å²) >= 11 is 0. The maximum atomic E-state index is 12.4. The van der Waals surface area contributed by atoms with E-state index in [1.807, 2.05) is 14.0 Å². The highest BCUT2D eigenvalue weighted by Gasteiger charge is 2.18. The molecule has 0 aromatic heterocycles. The number of aliphatic hydroxyl groups excluding tert-OH is 1. The van der Waals surface area contributed by atoms with Gasteiger partial charge in [-0.2, -0.15) is 0 Å². The highest BCUT2D eigenvalue weighted by atomic mass is 32.2. The molecule has 21 heavy (non-hydrogen) atoms. The highest BCUT2D eigenvalue weighted by Crippen LogP contribution is 2.20. The van der Waals surface area contributed by atoms with Crippen LogP contribution in [0, 0.1) is 13.8 Å². The van der Waals surface area contributed by atoms with Gasteiger partial charge in [0.25, 0.3) is 0 Å². The molecule has 0 fully saturated rings. The van der Waals surface area contributed by atoms with Gasteiger partial charge in [-0.05, 0) is 57.5 Å². The Balaban J connectivity index is 2.88. The molecule has 1 rings (SSSR count). The van der Waals surface area contributed by atoms with Crippen LogP contribution in [0.15, 0.2) is 17.0 Å². The van der Waals surface area contributed by atoms with Crippen molar-refractivity contribution in [2.24, 2.45) is 0 Å². The smallest absolute Gasteiger partial charge is 0.240 e. The van der Waals surface area contributed by atoms with Crippen molar-refractivity contribution in [3.05, 3.63) is 28.8 Å². The molecule has 2 N–H and O–H groups in total. The second-order valence-corrected chi connectivity index (χ2v) is 7.41. The molecule has 5 nitrogen and oxygen atoms in total. The van der Waals surface area contributed by atoms with Crippen molar-refractivity contribution in [1.29, 1.82) is 0 Å². The molecular formula is C15H26N2O3S. The highest BCUT2D eigenvalue weighted by molar-refractivity contribution is 7.89. The Kier molecular flexibility index (Phi) is 6.34. The minimum absolute atomic E-state index is 0.162. The first-order chi connectivity index (χ1) is 9.69. The van der Waals surface area contributed by atoms with Gasteiger partial charge in [0, 0.05) is 19.1 Å². The molecule has 0 aliphatic heterocycles. The van der Waals surface area contributed by atoms with Crippen molar-refractivity contribution >= 4 is 10.0 Å². The van der Waals surface area contributed by atoms with Crippen LogP contribution < -0.4 is 4.72 Å². The molecule has 0 aliphatic carbocycles. The number of hydrogen-bond acceptors (Lipinski definition) is 4. The first kappa shape index (κ1) is 18.1. The monoisotopic (exact) mass is 314 g/mol. The van der Waals surface area contributed by atoms with Gasteiger partial charge in [-0.1, -0.05) is 6.07 Å². The lowest BCUT2D eigenvalue weighted by atomic mass is 10.1. The van der Waals surface area contributed by atoms with E-state index < -0.39 is 10.0 Å². The first-order valence-corrected chi connectivity index (χ1v) is 8.58. The van der Waals surface area contributed by atoms with Crippen molar-refractivity contribution in [2.75, 3.05) is 20.1 Å². The molecule has 0 heterocycles. The topological polar surface area (TPSA) is 69.6 Å². The Hall–Kier alpha value is -0.950. The number of aliphatic hydroxyl groups is 1. The van der Waals surface area contributed by atoms with E-state index in [2.05, 4.69) is 23.5 Å². The molecule has 0 saturated carbocycles. The van der Waals surface area contributed by atoms with Crippen LogP contribution in [0.1, 0.15) is 30.5 Å². The number of hydrogen-bond donors (Lipinski definition) is 2. The van der Waals surface area contributed by atoms with Crippen molar-refractivity contribution < 1.29 is 13.5 Å². The van der Waals surface area contributed by atoms with E-state index in [1.165, 1.54) is 0 Å². The van der Waals surface area contributed by atoms with Gasteiger partial charge in [0.1, 0.15) is 0 Å². The van der Waals surface area contributed by atoms with E-state index in [9.17, 15) is 13.5 Å². The van der Waals surface area contributed by atoms with Crippen LogP contribution in [0.5, 0.6) is 0 Å². The molecule has 1 aromatic carbocycles. The normalized spacial score (nSPS) is 12.4. The zero-order valence-corrected chi connectivity index (χ0v) is 14.3. The Labute approximate surface area is 128 Å². The molecule has 0 amide bonds. The molecule has 120 valence electrons. The number of aryl methyl sites for hydroxylation is 2. The van der Waals surface area contributed by atoms with Gasteiger partial charge in [0.2, 0.25) is 10.0 Å². The van der Waals surface area contributed by atoms with Gasteiger partial charge in [0.15, 0.2) is 0 Å². The standard InChI is InChI=1S/C15H26N2O3S/c1-11(2)17(5)7-6-16-21(19,20)15-9-14(10-18)12(3)8-13(15)4/h8-9,11,16,18H,6-7,10H2,1-5H3. The summed E-state index contributed by atoms with van der Waals surface area (Å²) < 4.78 is 27.4. The van der Waals surface area contributed by atoms with Crippen LogP contribution >= 0.6 is 0 Å². The van der Waals surface area contributed by atoms with Crippen LogP contribution in [0.25, 0.3) is 0 Å². The van der Waals surface area contributed by atoms with Crippen LogP contribution in [0.4, 0.5) is 0 Å². The maximum absolute atomic E-state index is 12.4. The number of benzene rings is 1. The third-order valence-corrected chi connectivity index (χ3v) is 5.33. The van der Waals surface area contributed by atoms with Crippen molar-refractivity contribution in [1.82, 2.24) is 9.62 Å². The maximum Gasteiger partial charge on any atom is 0.240 e. The Morgan fingerprint density at radius 3 is 2.38 bits per heavy atom. The van der Waals surface area contributed by atoms with Crippen LogP contribution in [-0.2, 0) is 16.6 Å². The summed E-state index contributed by atoms with van der Waals surface area (Å²) in [5.41, 5.74) is 2.23. The number of likely N-dealkylation sites (N-methyl/N-ethyl adjacent to an activating group) is 1. The first-order valence-electron chi connectivity index (χ1n) is 7.10. The average molecular weight is 314 g/mol. The summed E-state index contributed by atoms with van der Waals surface area (Å²) in [5.74, 6) is 0. The molecule has 0 unspecified atom stereocenters. The van der Waals surface area contributed by atoms with E-state index in [1.54, 1.807) is 19.1 Å². The fraction of sp³-hybridized carbons (Fsp3) is 0.600. The second kappa shape index (κ2) is 7.35. The van der Waals surface area contributed by atoms with Gasteiger partial charge < -0.3 is 10.0 Å². The summed E-state index contributed by atoms with van der Waals surface area (Å²) in [6.45, 7) is 8.60. The molecule has 0 saturated heterocycles. The molecule has 0 bridgehead atoms. The Morgan fingerprint density at radius 1 is 1.24 bits per heavy atom. The minimum Gasteiger partial charge on any atom is -0.392 e. The minimum atomic E-state index is -3.55. The SMILES string of the molecule is Cc1cc(C)c(S(=O)(=O)NCCN(C)C(C)C)cc1CO.